The van der Waals surface area contributed by atoms with E-state index in [-0.39, 0.29) is 5.88 Å². The van der Waals surface area contributed by atoms with Gasteiger partial charge in [0, 0.05) is 30.1 Å². The van der Waals surface area contributed by atoms with Crippen molar-refractivity contribution in [3.05, 3.63) is 84.9 Å². The second-order valence-electron chi connectivity index (χ2n) is 6.39. The first kappa shape index (κ1) is 16.9. The van der Waals surface area contributed by atoms with Crippen molar-refractivity contribution in [2.75, 3.05) is 0 Å². The molecule has 0 aliphatic rings. The zero-order valence-corrected chi connectivity index (χ0v) is 15.3. The van der Waals surface area contributed by atoms with Gasteiger partial charge >= 0.3 is 0 Å². The van der Waals surface area contributed by atoms with Crippen LogP contribution in [0.5, 0.6) is 11.6 Å². The van der Waals surface area contributed by atoms with Crippen molar-refractivity contribution < 1.29 is 9.84 Å². The molecule has 0 unspecified atom stereocenters. The van der Waals surface area contributed by atoms with Gasteiger partial charge in [-0.15, -0.1) is 0 Å². The van der Waals surface area contributed by atoms with Crippen molar-refractivity contribution in [1.29, 1.82) is 0 Å². The van der Waals surface area contributed by atoms with Crippen molar-refractivity contribution in [2.45, 2.75) is 6.61 Å². The first-order chi connectivity index (χ1) is 14.3. The zero-order valence-electron chi connectivity index (χ0n) is 15.3. The van der Waals surface area contributed by atoms with Gasteiger partial charge in [-0.3, -0.25) is 4.40 Å². The molecule has 5 rings (SSSR count). The highest BCUT2D eigenvalue weighted by Gasteiger charge is 2.14. The highest BCUT2D eigenvalue weighted by Crippen LogP contribution is 2.32. The van der Waals surface area contributed by atoms with Crippen LogP contribution in [0.25, 0.3) is 22.7 Å². The summed E-state index contributed by atoms with van der Waals surface area (Å²) >= 11 is 0. The third-order valence-electron chi connectivity index (χ3n) is 4.44. The van der Waals surface area contributed by atoms with Gasteiger partial charge < -0.3 is 9.84 Å². The molecule has 0 bridgehead atoms. The van der Waals surface area contributed by atoms with Crippen LogP contribution in [0.4, 0.5) is 0 Å². The highest BCUT2D eigenvalue weighted by atomic mass is 16.5. The van der Waals surface area contributed by atoms with Crippen LogP contribution in [0, 0.1) is 0 Å². The van der Waals surface area contributed by atoms with E-state index in [0.29, 0.717) is 23.8 Å². The number of nitrogens with zero attached hydrogens (tertiary/aromatic N) is 6. The van der Waals surface area contributed by atoms with Gasteiger partial charge in [-0.05, 0) is 17.7 Å². The second kappa shape index (κ2) is 7.08. The lowest BCUT2D eigenvalue weighted by Gasteiger charge is -2.12. The van der Waals surface area contributed by atoms with Crippen LogP contribution in [0.15, 0.2) is 79.4 Å². The molecule has 0 aliphatic carbocycles. The van der Waals surface area contributed by atoms with Crippen molar-refractivity contribution in [3.8, 4) is 28.6 Å². The SMILES string of the molecule is Oc1ccn2cc(-c3ccc(-n4nccn4)cc3OCc3ccccc3)nc2n1. The second-order valence-corrected chi connectivity index (χ2v) is 6.39. The molecule has 0 saturated carbocycles. The molecular formula is C21H16N6O2. The Hall–Kier alpha value is -4.20. The van der Waals surface area contributed by atoms with E-state index in [4.69, 9.17) is 4.74 Å². The topological polar surface area (TPSA) is 90.4 Å². The van der Waals surface area contributed by atoms with Crippen LogP contribution in [-0.4, -0.2) is 34.5 Å². The molecule has 1 N–H and O–H groups in total. The normalized spacial score (nSPS) is 11.0. The number of rotatable bonds is 5. The molecule has 8 heteroatoms. The Bertz CT molecular complexity index is 1270. The van der Waals surface area contributed by atoms with Gasteiger partial charge in [0.1, 0.15) is 12.4 Å². The summed E-state index contributed by atoms with van der Waals surface area (Å²) in [6.45, 7) is 0.413. The predicted molar refractivity (Wildman–Crippen MR) is 106 cm³/mol. The molecule has 142 valence electrons. The van der Waals surface area contributed by atoms with Crippen LogP contribution in [0.3, 0.4) is 0 Å². The fraction of sp³-hybridized carbons (Fsp3) is 0.0476. The third kappa shape index (κ3) is 3.39. The number of benzene rings is 2. The molecule has 2 aromatic carbocycles. The molecule has 0 radical (unpaired) electrons. The van der Waals surface area contributed by atoms with Crippen molar-refractivity contribution in [1.82, 2.24) is 29.4 Å². The zero-order chi connectivity index (χ0) is 19.6. The lowest BCUT2D eigenvalue weighted by Crippen LogP contribution is -2.02. The van der Waals surface area contributed by atoms with E-state index >= 15 is 0 Å². The number of hydrogen-bond donors (Lipinski definition) is 1. The number of aromatic nitrogens is 6. The van der Waals surface area contributed by atoms with Crippen LogP contribution in [0.1, 0.15) is 5.56 Å². The highest BCUT2D eigenvalue weighted by molar-refractivity contribution is 5.70. The maximum atomic E-state index is 9.61. The van der Waals surface area contributed by atoms with E-state index in [9.17, 15) is 5.11 Å². The van der Waals surface area contributed by atoms with Gasteiger partial charge in [-0.2, -0.15) is 20.0 Å². The minimum Gasteiger partial charge on any atom is -0.493 e. The van der Waals surface area contributed by atoms with Crippen molar-refractivity contribution in [2.24, 2.45) is 0 Å². The maximum Gasteiger partial charge on any atom is 0.237 e. The minimum atomic E-state index is -0.0738. The number of fused-ring (bicyclic) bond motifs is 1. The van der Waals surface area contributed by atoms with E-state index < -0.39 is 0 Å². The number of aromatic hydroxyl groups is 1. The maximum absolute atomic E-state index is 9.61. The average molecular weight is 384 g/mol. The standard InChI is InChI=1S/C21H16N6O2/c28-20-8-11-26-13-18(24-21(26)25-20)17-7-6-16(27-22-9-10-23-27)12-19(17)29-14-15-4-2-1-3-5-15/h1-13H,14H2,(H,24,25,28). The summed E-state index contributed by atoms with van der Waals surface area (Å²) in [6, 6.07) is 17.2. The Balaban J connectivity index is 1.57. The molecule has 0 fully saturated rings. The fourth-order valence-electron chi connectivity index (χ4n) is 3.04. The molecule has 8 nitrogen and oxygen atoms in total. The summed E-state index contributed by atoms with van der Waals surface area (Å²) in [5.41, 5.74) is 3.33. The average Bonchev–Trinajstić information content (AvgIpc) is 3.42. The molecule has 0 amide bonds. The summed E-state index contributed by atoms with van der Waals surface area (Å²) in [4.78, 5) is 10.1. The van der Waals surface area contributed by atoms with Gasteiger partial charge in [0.2, 0.25) is 11.7 Å². The first-order valence-electron chi connectivity index (χ1n) is 8.99. The van der Waals surface area contributed by atoms with Gasteiger partial charge in [0.05, 0.1) is 23.8 Å². The van der Waals surface area contributed by atoms with E-state index in [1.54, 1.807) is 23.0 Å². The smallest absolute Gasteiger partial charge is 0.237 e. The number of hydrogen-bond acceptors (Lipinski definition) is 6. The number of ether oxygens (including phenoxy) is 1. The Morgan fingerprint density at radius 2 is 1.76 bits per heavy atom. The Morgan fingerprint density at radius 1 is 0.931 bits per heavy atom. The monoisotopic (exact) mass is 384 g/mol. The third-order valence-corrected chi connectivity index (χ3v) is 4.44. The van der Waals surface area contributed by atoms with E-state index in [1.165, 1.54) is 10.9 Å². The fourth-order valence-corrected chi connectivity index (χ4v) is 3.04. The van der Waals surface area contributed by atoms with Crippen LogP contribution in [0.2, 0.25) is 0 Å². The molecule has 29 heavy (non-hydrogen) atoms. The van der Waals surface area contributed by atoms with Gasteiger partial charge in [-0.25, -0.2) is 4.98 Å². The van der Waals surface area contributed by atoms with Crippen molar-refractivity contribution in [3.63, 3.8) is 0 Å². The Labute approximate surface area is 165 Å². The van der Waals surface area contributed by atoms with E-state index in [0.717, 1.165) is 16.8 Å². The summed E-state index contributed by atoms with van der Waals surface area (Å²) in [5, 5.41) is 18.0. The van der Waals surface area contributed by atoms with Crippen LogP contribution < -0.4 is 4.74 Å². The molecular weight excluding hydrogens is 368 g/mol. The molecule has 3 aromatic heterocycles. The van der Waals surface area contributed by atoms with E-state index in [1.807, 2.05) is 54.7 Å². The van der Waals surface area contributed by atoms with Gasteiger partial charge in [0.15, 0.2) is 0 Å². The van der Waals surface area contributed by atoms with Gasteiger partial charge in [-0.1, -0.05) is 30.3 Å². The minimum absolute atomic E-state index is 0.0738. The van der Waals surface area contributed by atoms with Crippen LogP contribution >= 0.6 is 0 Å². The largest absolute Gasteiger partial charge is 0.493 e. The summed E-state index contributed by atoms with van der Waals surface area (Å²) < 4.78 is 7.90. The lowest BCUT2D eigenvalue weighted by molar-refractivity contribution is 0.307. The quantitative estimate of drug-likeness (QED) is 0.500. The van der Waals surface area contributed by atoms with Crippen LogP contribution in [-0.2, 0) is 6.61 Å². The predicted octanol–water partition coefficient (Wildman–Crippen LogP) is 3.26. The molecule has 0 saturated heterocycles. The van der Waals surface area contributed by atoms with Gasteiger partial charge in [0.25, 0.3) is 0 Å². The molecule has 0 atom stereocenters. The number of imidazole rings is 1. The Kier molecular flexibility index (Phi) is 4.14. The van der Waals surface area contributed by atoms with Crippen molar-refractivity contribution >= 4 is 5.78 Å². The lowest BCUT2D eigenvalue weighted by atomic mass is 10.1. The Morgan fingerprint density at radius 3 is 2.59 bits per heavy atom. The molecule has 3 heterocycles. The summed E-state index contributed by atoms with van der Waals surface area (Å²) in [6.07, 6.45) is 6.80. The molecule has 5 aromatic rings. The van der Waals surface area contributed by atoms with E-state index in [2.05, 4.69) is 20.2 Å². The summed E-state index contributed by atoms with van der Waals surface area (Å²) in [7, 11) is 0. The molecule has 0 spiro atoms. The first-order valence-corrected chi connectivity index (χ1v) is 8.99. The summed E-state index contributed by atoms with van der Waals surface area (Å²) in [5.74, 6) is 0.985. The molecule has 0 aliphatic heterocycles.